The third kappa shape index (κ3) is 4.24. The molecule has 5 rings (SSSR count). The molecule has 0 bridgehead atoms. The number of carbonyl (C=O) groups is 1. The second-order valence-electron chi connectivity index (χ2n) is 7.60. The van der Waals surface area contributed by atoms with Gasteiger partial charge in [0.1, 0.15) is 5.69 Å². The van der Waals surface area contributed by atoms with Crippen LogP contribution in [-0.4, -0.2) is 57.3 Å². The van der Waals surface area contributed by atoms with Crippen molar-refractivity contribution in [3.63, 3.8) is 0 Å². The van der Waals surface area contributed by atoms with Crippen molar-refractivity contribution in [3.05, 3.63) is 81.4 Å². The standard InChI is InChI=1S/C23H20N6O3S/c30-22-20(14-17-15-24-26-21(17)16-6-2-1-3-7-16)33-23(25-22)28-12-10-27(11-13-28)18-8-4-5-9-19(18)29(31)32/h1-9,14-15H,10-13H2,(H,24,26)/b20-14-. The fourth-order valence-corrected chi connectivity index (χ4v) is 4.90. The summed E-state index contributed by atoms with van der Waals surface area (Å²) in [5.41, 5.74) is 3.39. The number of hydrogen-bond acceptors (Lipinski definition) is 7. The first kappa shape index (κ1) is 21.0. The van der Waals surface area contributed by atoms with Gasteiger partial charge in [0.15, 0.2) is 5.17 Å². The van der Waals surface area contributed by atoms with Crippen LogP contribution in [0.1, 0.15) is 5.56 Å². The minimum atomic E-state index is -0.353. The summed E-state index contributed by atoms with van der Waals surface area (Å²) in [5.74, 6) is -0.267. The molecule has 2 aliphatic heterocycles. The number of rotatable bonds is 4. The SMILES string of the molecule is O=C1N=C(N2CCN(c3ccccc3[N+](=O)[O-])CC2)S/C1=C\c1cn[nH]c1-c1ccccc1. The number of anilines is 1. The number of amides is 1. The first-order valence-corrected chi connectivity index (χ1v) is 11.3. The number of piperazine rings is 1. The highest BCUT2D eigenvalue weighted by Gasteiger charge is 2.30. The summed E-state index contributed by atoms with van der Waals surface area (Å²) in [4.78, 5) is 32.5. The van der Waals surface area contributed by atoms with Crippen LogP contribution < -0.4 is 4.90 Å². The second kappa shape index (κ2) is 8.91. The van der Waals surface area contributed by atoms with Crippen molar-refractivity contribution in [1.29, 1.82) is 0 Å². The summed E-state index contributed by atoms with van der Waals surface area (Å²) in [6.07, 6.45) is 3.52. The number of hydrogen-bond donors (Lipinski definition) is 1. The number of nitro benzene ring substituents is 1. The maximum Gasteiger partial charge on any atom is 0.292 e. The summed E-state index contributed by atoms with van der Waals surface area (Å²) in [6.45, 7) is 2.47. The summed E-state index contributed by atoms with van der Waals surface area (Å²) in [6, 6.07) is 16.6. The Labute approximate surface area is 194 Å². The largest absolute Gasteiger partial charge is 0.362 e. The van der Waals surface area contributed by atoms with Gasteiger partial charge in [0.05, 0.1) is 21.7 Å². The van der Waals surface area contributed by atoms with E-state index >= 15 is 0 Å². The minimum absolute atomic E-state index is 0.105. The van der Waals surface area contributed by atoms with Crippen LogP contribution in [0, 0.1) is 10.1 Å². The summed E-state index contributed by atoms with van der Waals surface area (Å²) >= 11 is 1.35. The van der Waals surface area contributed by atoms with E-state index in [0.29, 0.717) is 41.9 Å². The second-order valence-corrected chi connectivity index (χ2v) is 8.61. The van der Waals surface area contributed by atoms with Crippen LogP contribution >= 0.6 is 11.8 Å². The van der Waals surface area contributed by atoms with Crippen molar-refractivity contribution in [2.45, 2.75) is 0 Å². The van der Waals surface area contributed by atoms with E-state index in [1.54, 1.807) is 24.4 Å². The van der Waals surface area contributed by atoms with Crippen LogP contribution in [0.25, 0.3) is 17.3 Å². The molecule has 0 unspecified atom stereocenters. The molecule has 0 spiro atoms. The lowest BCUT2D eigenvalue weighted by atomic mass is 10.1. The molecule has 3 aromatic rings. The van der Waals surface area contributed by atoms with E-state index < -0.39 is 0 Å². The molecular weight excluding hydrogens is 440 g/mol. The van der Waals surface area contributed by atoms with Crippen LogP contribution in [0.2, 0.25) is 0 Å². The average Bonchev–Trinajstić information content (AvgIpc) is 3.46. The normalized spacial score (nSPS) is 17.5. The Morgan fingerprint density at radius 1 is 1.00 bits per heavy atom. The molecule has 166 valence electrons. The number of aliphatic imine (C=N–C) groups is 1. The van der Waals surface area contributed by atoms with Gasteiger partial charge in [0.25, 0.3) is 11.6 Å². The quantitative estimate of drug-likeness (QED) is 0.359. The molecule has 0 atom stereocenters. The Morgan fingerprint density at radius 3 is 2.45 bits per heavy atom. The van der Waals surface area contributed by atoms with Crippen molar-refractivity contribution in [1.82, 2.24) is 15.1 Å². The van der Waals surface area contributed by atoms with Crippen LogP contribution in [-0.2, 0) is 4.79 Å². The van der Waals surface area contributed by atoms with Crippen molar-refractivity contribution in [3.8, 4) is 11.3 Å². The molecule has 1 saturated heterocycles. The molecule has 1 N–H and O–H groups in total. The zero-order valence-electron chi connectivity index (χ0n) is 17.5. The van der Waals surface area contributed by atoms with Gasteiger partial charge >= 0.3 is 0 Å². The predicted molar refractivity (Wildman–Crippen MR) is 129 cm³/mol. The van der Waals surface area contributed by atoms with Gasteiger partial charge in [-0.1, -0.05) is 42.5 Å². The molecule has 9 nitrogen and oxygen atoms in total. The van der Waals surface area contributed by atoms with Gasteiger partial charge in [-0.25, -0.2) is 0 Å². The Balaban J connectivity index is 1.28. The highest BCUT2D eigenvalue weighted by Crippen LogP contribution is 2.34. The van der Waals surface area contributed by atoms with Crippen molar-refractivity contribution < 1.29 is 9.72 Å². The Hall–Kier alpha value is -3.92. The number of aromatic amines is 1. The molecule has 3 heterocycles. The molecule has 1 fully saturated rings. The smallest absolute Gasteiger partial charge is 0.292 e. The molecule has 1 aromatic heterocycles. The number of H-pyrrole nitrogens is 1. The molecule has 33 heavy (non-hydrogen) atoms. The fourth-order valence-electron chi connectivity index (χ4n) is 3.94. The monoisotopic (exact) mass is 460 g/mol. The number of nitro groups is 1. The molecule has 2 aromatic carbocycles. The van der Waals surface area contributed by atoms with Gasteiger partial charge in [-0.3, -0.25) is 20.0 Å². The van der Waals surface area contributed by atoms with Gasteiger partial charge in [0, 0.05) is 43.4 Å². The molecule has 2 aliphatic rings. The number of amidine groups is 1. The number of carbonyl (C=O) groups excluding carboxylic acids is 1. The minimum Gasteiger partial charge on any atom is -0.362 e. The maximum atomic E-state index is 12.6. The molecule has 0 radical (unpaired) electrons. The summed E-state index contributed by atoms with van der Waals surface area (Å²) in [7, 11) is 0. The van der Waals surface area contributed by atoms with Gasteiger partial charge in [-0.15, -0.1) is 0 Å². The molecule has 10 heteroatoms. The molecule has 0 aliphatic carbocycles. The van der Waals surface area contributed by atoms with Crippen LogP contribution in [0.3, 0.4) is 0 Å². The number of aromatic nitrogens is 2. The number of nitrogens with zero attached hydrogens (tertiary/aromatic N) is 5. The maximum absolute atomic E-state index is 12.6. The van der Waals surface area contributed by atoms with Crippen LogP contribution in [0.4, 0.5) is 11.4 Å². The zero-order chi connectivity index (χ0) is 22.8. The lowest BCUT2D eigenvalue weighted by molar-refractivity contribution is -0.384. The Bertz CT molecular complexity index is 1260. The lowest BCUT2D eigenvalue weighted by Gasteiger charge is -2.36. The predicted octanol–water partition coefficient (Wildman–Crippen LogP) is 3.78. The van der Waals surface area contributed by atoms with E-state index in [9.17, 15) is 14.9 Å². The van der Waals surface area contributed by atoms with Gasteiger partial charge in [-0.05, 0) is 23.9 Å². The van der Waals surface area contributed by atoms with E-state index in [4.69, 9.17) is 0 Å². The van der Waals surface area contributed by atoms with E-state index in [2.05, 4.69) is 20.1 Å². The van der Waals surface area contributed by atoms with Crippen molar-refractivity contribution >= 4 is 40.3 Å². The number of thioether (sulfide) groups is 1. The number of benzene rings is 2. The third-order valence-electron chi connectivity index (χ3n) is 5.60. The van der Waals surface area contributed by atoms with E-state index in [0.717, 1.165) is 16.8 Å². The summed E-state index contributed by atoms with van der Waals surface area (Å²) < 4.78 is 0. The zero-order valence-corrected chi connectivity index (χ0v) is 18.4. The lowest BCUT2D eigenvalue weighted by Crippen LogP contribution is -2.48. The molecule has 0 saturated carbocycles. The van der Waals surface area contributed by atoms with Crippen molar-refractivity contribution in [2.75, 3.05) is 31.1 Å². The molecular formula is C23H20N6O3S. The van der Waals surface area contributed by atoms with Gasteiger partial charge < -0.3 is 9.80 Å². The van der Waals surface area contributed by atoms with E-state index in [1.165, 1.54) is 17.8 Å². The topological polar surface area (TPSA) is 108 Å². The average molecular weight is 461 g/mol. The van der Waals surface area contributed by atoms with Crippen LogP contribution in [0.15, 0.2) is 70.7 Å². The van der Waals surface area contributed by atoms with Crippen LogP contribution in [0.5, 0.6) is 0 Å². The van der Waals surface area contributed by atoms with Gasteiger partial charge in [0.2, 0.25) is 0 Å². The highest BCUT2D eigenvalue weighted by molar-refractivity contribution is 8.18. The highest BCUT2D eigenvalue weighted by atomic mass is 32.2. The van der Waals surface area contributed by atoms with E-state index in [1.807, 2.05) is 41.3 Å². The Kier molecular flexibility index (Phi) is 5.66. The van der Waals surface area contributed by atoms with E-state index in [-0.39, 0.29) is 16.5 Å². The first-order valence-electron chi connectivity index (χ1n) is 10.4. The van der Waals surface area contributed by atoms with Crippen molar-refractivity contribution in [2.24, 2.45) is 4.99 Å². The number of para-hydroxylation sites is 2. The molecule has 1 amide bonds. The third-order valence-corrected chi connectivity index (χ3v) is 6.64. The first-order chi connectivity index (χ1) is 16.1. The Morgan fingerprint density at radius 2 is 1.70 bits per heavy atom. The number of nitrogens with one attached hydrogen (secondary N) is 1. The van der Waals surface area contributed by atoms with Gasteiger partial charge in [-0.2, -0.15) is 10.1 Å². The fraction of sp³-hybridized carbons (Fsp3) is 0.174. The summed E-state index contributed by atoms with van der Waals surface area (Å²) in [5, 5.41) is 19.2.